The molecule has 33 heavy (non-hydrogen) atoms. The molecule has 0 aromatic heterocycles. The van der Waals surface area contributed by atoms with Crippen LogP contribution in [-0.2, 0) is 9.59 Å². The van der Waals surface area contributed by atoms with E-state index in [9.17, 15) is 18.8 Å². The first kappa shape index (κ1) is 23.1. The number of carbonyl (C=O) groups excluding carboxylic acids is 3. The first-order valence-corrected chi connectivity index (χ1v) is 11.9. The lowest BCUT2D eigenvalue weighted by molar-refractivity contribution is -0.123. The molecule has 0 radical (unpaired) electrons. The monoisotopic (exact) mass is 450 g/mol. The van der Waals surface area contributed by atoms with Crippen molar-refractivity contribution < 1.29 is 18.8 Å². The van der Waals surface area contributed by atoms with Gasteiger partial charge in [-0.15, -0.1) is 0 Å². The summed E-state index contributed by atoms with van der Waals surface area (Å²) in [5.74, 6) is -1.05. The molecule has 0 N–H and O–H groups in total. The molecule has 174 valence electrons. The fraction of sp³-hybridized carbons (Fsp3) is 0.444. The molecule has 2 aliphatic rings. The van der Waals surface area contributed by atoms with Crippen LogP contribution in [0.2, 0.25) is 0 Å². The highest BCUT2D eigenvalue weighted by molar-refractivity contribution is 6.23. The predicted octanol–water partition coefficient (Wildman–Crippen LogP) is 5.45. The van der Waals surface area contributed by atoms with E-state index in [1.165, 1.54) is 29.2 Å². The fourth-order valence-corrected chi connectivity index (χ4v) is 4.95. The summed E-state index contributed by atoms with van der Waals surface area (Å²) < 4.78 is 13.5. The molecule has 1 saturated carbocycles. The molecular weight excluding hydrogens is 419 g/mol. The van der Waals surface area contributed by atoms with Gasteiger partial charge in [0.1, 0.15) is 11.9 Å². The molecule has 6 heteroatoms. The van der Waals surface area contributed by atoms with Crippen molar-refractivity contribution in [2.75, 3.05) is 4.90 Å². The van der Waals surface area contributed by atoms with Crippen LogP contribution in [0.5, 0.6) is 0 Å². The summed E-state index contributed by atoms with van der Waals surface area (Å²) in [6.45, 7) is 4.17. The number of hydrogen-bond acceptors (Lipinski definition) is 3. The number of nitrogens with zero attached hydrogens (tertiary/aromatic N) is 2. The Morgan fingerprint density at radius 1 is 0.939 bits per heavy atom. The molecule has 1 aliphatic heterocycles. The van der Waals surface area contributed by atoms with Gasteiger partial charge < -0.3 is 4.90 Å². The van der Waals surface area contributed by atoms with Gasteiger partial charge in [-0.3, -0.25) is 14.4 Å². The SMILES string of the molecule is CC(C)c1ccc(N2C(=O)CC(N(C(=O)c3ccc(F)cc3)C3CCCCCC3)C2=O)cc1. The number of amides is 3. The second-order valence-electron chi connectivity index (χ2n) is 9.40. The van der Waals surface area contributed by atoms with Gasteiger partial charge in [0, 0.05) is 11.6 Å². The lowest BCUT2D eigenvalue weighted by Crippen LogP contribution is -2.50. The van der Waals surface area contributed by atoms with E-state index in [0.717, 1.165) is 44.1 Å². The Balaban J connectivity index is 1.66. The van der Waals surface area contributed by atoms with E-state index < -0.39 is 11.9 Å². The van der Waals surface area contributed by atoms with Crippen molar-refractivity contribution in [3.63, 3.8) is 0 Å². The summed E-state index contributed by atoms with van der Waals surface area (Å²) in [6.07, 6.45) is 5.72. The summed E-state index contributed by atoms with van der Waals surface area (Å²) in [5, 5.41) is 0. The van der Waals surface area contributed by atoms with Gasteiger partial charge in [0.15, 0.2) is 0 Å². The van der Waals surface area contributed by atoms with Gasteiger partial charge in [-0.05, 0) is 60.7 Å². The number of imide groups is 1. The van der Waals surface area contributed by atoms with Gasteiger partial charge in [0.25, 0.3) is 11.8 Å². The minimum absolute atomic E-state index is 0.0335. The van der Waals surface area contributed by atoms with Crippen molar-refractivity contribution in [3.05, 3.63) is 65.5 Å². The van der Waals surface area contributed by atoms with E-state index in [2.05, 4.69) is 13.8 Å². The van der Waals surface area contributed by atoms with Crippen LogP contribution >= 0.6 is 0 Å². The average molecular weight is 451 g/mol. The Labute approximate surface area is 194 Å². The predicted molar refractivity (Wildman–Crippen MR) is 125 cm³/mol. The van der Waals surface area contributed by atoms with Gasteiger partial charge >= 0.3 is 0 Å². The molecule has 1 aliphatic carbocycles. The van der Waals surface area contributed by atoms with Crippen LogP contribution in [0.3, 0.4) is 0 Å². The molecule has 2 aromatic carbocycles. The van der Waals surface area contributed by atoms with Gasteiger partial charge in [0.2, 0.25) is 5.91 Å². The number of anilines is 1. The van der Waals surface area contributed by atoms with Crippen molar-refractivity contribution in [2.24, 2.45) is 0 Å². The van der Waals surface area contributed by atoms with E-state index in [1.54, 1.807) is 17.0 Å². The summed E-state index contributed by atoms with van der Waals surface area (Å²) in [6, 6.07) is 11.9. The smallest absolute Gasteiger partial charge is 0.257 e. The minimum atomic E-state index is -0.845. The number of hydrogen-bond donors (Lipinski definition) is 0. The van der Waals surface area contributed by atoms with Crippen LogP contribution in [0.4, 0.5) is 10.1 Å². The molecule has 1 heterocycles. The first-order valence-electron chi connectivity index (χ1n) is 11.9. The molecule has 5 nitrogen and oxygen atoms in total. The minimum Gasteiger partial charge on any atom is -0.323 e. The maximum absolute atomic E-state index is 13.6. The Morgan fingerprint density at radius 2 is 1.55 bits per heavy atom. The Bertz CT molecular complexity index is 1010. The molecule has 0 spiro atoms. The third-order valence-electron chi connectivity index (χ3n) is 6.82. The molecule has 2 aromatic rings. The molecule has 1 unspecified atom stereocenters. The zero-order valence-corrected chi connectivity index (χ0v) is 19.3. The Hall–Kier alpha value is -3.02. The van der Waals surface area contributed by atoms with Gasteiger partial charge in [-0.25, -0.2) is 9.29 Å². The largest absolute Gasteiger partial charge is 0.323 e. The molecule has 4 rings (SSSR count). The quantitative estimate of drug-likeness (QED) is 0.450. The van der Waals surface area contributed by atoms with E-state index in [1.807, 2.05) is 12.1 Å². The standard InChI is InChI=1S/C27H31FN2O3/c1-18(2)19-11-15-23(16-12-19)30-25(31)17-24(27(30)33)29(22-7-5-3-4-6-8-22)26(32)20-9-13-21(28)14-10-20/h9-16,18,22,24H,3-8,17H2,1-2H3. The molecule has 3 amide bonds. The highest BCUT2D eigenvalue weighted by atomic mass is 19.1. The lowest BCUT2D eigenvalue weighted by Gasteiger charge is -2.35. The number of halogens is 1. The van der Waals surface area contributed by atoms with Crippen LogP contribution in [0.25, 0.3) is 0 Å². The molecule has 1 atom stereocenters. The Morgan fingerprint density at radius 3 is 2.12 bits per heavy atom. The summed E-state index contributed by atoms with van der Waals surface area (Å²) in [7, 11) is 0. The van der Waals surface area contributed by atoms with E-state index in [-0.39, 0.29) is 30.2 Å². The number of benzene rings is 2. The van der Waals surface area contributed by atoms with E-state index >= 15 is 0 Å². The second kappa shape index (κ2) is 9.86. The first-order chi connectivity index (χ1) is 15.9. The van der Waals surface area contributed by atoms with Crippen LogP contribution in [0, 0.1) is 5.82 Å². The van der Waals surface area contributed by atoms with Gasteiger partial charge in [0.05, 0.1) is 12.1 Å². The van der Waals surface area contributed by atoms with Crippen molar-refractivity contribution in [3.8, 4) is 0 Å². The van der Waals surface area contributed by atoms with Crippen LogP contribution < -0.4 is 4.90 Å². The van der Waals surface area contributed by atoms with Crippen LogP contribution in [0.15, 0.2) is 48.5 Å². The average Bonchev–Trinajstić information content (AvgIpc) is 2.97. The third-order valence-corrected chi connectivity index (χ3v) is 6.82. The normalized spacial score (nSPS) is 19.8. The summed E-state index contributed by atoms with van der Waals surface area (Å²) >= 11 is 0. The van der Waals surface area contributed by atoms with Crippen LogP contribution in [-0.4, -0.2) is 34.7 Å². The summed E-state index contributed by atoms with van der Waals surface area (Å²) in [5.41, 5.74) is 1.99. The van der Waals surface area contributed by atoms with Crippen molar-refractivity contribution in [1.82, 2.24) is 4.90 Å². The summed E-state index contributed by atoms with van der Waals surface area (Å²) in [4.78, 5) is 43.0. The van der Waals surface area contributed by atoms with Crippen molar-refractivity contribution >= 4 is 23.4 Å². The van der Waals surface area contributed by atoms with Gasteiger partial charge in [-0.1, -0.05) is 51.7 Å². The topological polar surface area (TPSA) is 57.7 Å². The Kier molecular flexibility index (Phi) is 6.91. The highest BCUT2D eigenvalue weighted by Gasteiger charge is 2.46. The highest BCUT2D eigenvalue weighted by Crippen LogP contribution is 2.32. The van der Waals surface area contributed by atoms with Crippen molar-refractivity contribution in [1.29, 1.82) is 0 Å². The van der Waals surface area contributed by atoms with Crippen molar-refractivity contribution in [2.45, 2.75) is 76.8 Å². The van der Waals surface area contributed by atoms with Gasteiger partial charge in [-0.2, -0.15) is 0 Å². The molecule has 0 bridgehead atoms. The molecule has 1 saturated heterocycles. The number of rotatable bonds is 5. The lowest BCUT2D eigenvalue weighted by atomic mass is 10.0. The molecular formula is C27H31FN2O3. The zero-order chi connectivity index (χ0) is 23.5. The maximum atomic E-state index is 13.6. The van der Waals surface area contributed by atoms with E-state index in [0.29, 0.717) is 17.2 Å². The van der Waals surface area contributed by atoms with E-state index in [4.69, 9.17) is 0 Å². The maximum Gasteiger partial charge on any atom is 0.257 e. The number of carbonyl (C=O) groups is 3. The van der Waals surface area contributed by atoms with Crippen LogP contribution in [0.1, 0.15) is 80.6 Å². The fourth-order valence-electron chi connectivity index (χ4n) is 4.95. The third kappa shape index (κ3) is 4.85. The second-order valence-corrected chi connectivity index (χ2v) is 9.40. The molecule has 2 fully saturated rings. The zero-order valence-electron chi connectivity index (χ0n) is 19.3.